The molecule has 1 aliphatic heterocycles. The fourth-order valence-electron chi connectivity index (χ4n) is 7.55. The molecule has 2 atom stereocenters. The number of nitrogens with one attached hydrogen (secondary N) is 3. The van der Waals surface area contributed by atoms with Gasteiger partial charge in [-0.05, 0) is 96.7 Å². The highest BCUT2D eigenvalue weighted by atomic mass is 16.7. The number of allylic oxidation sites excluding steroid dienone is 2. The first kappa shape index (κ1) is 33.1. The van der Waals surface area contributed by atoms with Gasteiger partial charge in [0.25, 0.3) is 0 Å². The molecule has 0 aromatic carbocycles. The summed E-state index contributed by atoms with van der Waals surface area (Å²) in [6.45, 7) is 8.25. The van der Waals surface area contributed by atoms with Crippen LogP contribution in [0.15, 0.2) is 98.8 Å². The molecule has 3 N–H and O–H groups in total. The van der Waals surface area contributed by atoms with Crippen LogP contribution in [0.2, 0.25) is 0 Å². The van der Waals surface area contributed by atoms with Gasteiger partial charge in [-0.15, -0.1) is 0 Å². The van der Waals surface area contributed by atoms with Crippen molar-refractivity contribution < 1.29 is 19.2 Å². The summed E-state index contributed by atoms with van der Waals surface area (Å²) in [6, 6.07) is 7.99. The molecule has 262 valence electrons. The number of H-pyrrole nitrogens is 1. The highest BCUT2D eigenvalue weighted by Gasteiger charge is 2.25. The molecule has 5 aromatic rings. The number of carbonyl (C=O) groups is 2. The van der Waals surface area contributed by atoms with Crippen LogP contribution in [-0.4, -0.2) is 61.8 Å². The highest BCUT2D eigenvalue weighted by Crippen LogP contribution is 2.39. The largest absolute Gasteiger partial charge is 0.373 e. The zero-order chi connectivity index (χ0) is 35.6. The quantitative estimate of drug-likeness (QED) is 0.138. The number of ether oxygens (including phenoxy) is 1. The third-order valence-corrected chi connectivity index (χ3v) is 10.0. The minimum absolute atomic E-state index is 0.0255. The molecule has 3 aliphatic rings. The van der Waals surface area contributed by atoms with Crippen LogP contribution in [-0.2, 0) is 14.3 Å². The molecule has 0 radical (unpaired) electrons. The lowest BCUT2D eigenvalue weighted by molar-refractivity contribution is -0.118. The Labute approximate surface area is 300 Å². The number of carbonyl (C=O) groups excluding carboxylic acids is 2. The second-order valence-corrected chi connectivity index (χ2v) is 13.3. The molecule has 0 fully saturated rings. The summed E-state index contributed by atoms with van der Waals surface area (Å²) in [7, 11) is 0. The zero-order valence-electron chi connectivity index (χ0n) is 28.7. The fourth-order valence-corrected chi connectivity index (χ4v) is 7.55. The van der Waals surface area contributed by atoms with Gasteiger partial charge in [0.15, 0.2) is 5.65 Å². The molecule has 2 aliphatic carbocycles. The van der Waals surface area contributed by atoms with E-state index in [2.05, 4.69) is 52.0 Å². The van der Waals surface area contributed by atoms with Crippen LogP contribution >= 0.6 is 0 Å². The maximum absolute atomic E-state index is 12.1. The monoisotopic (exact) mass is 693 g/mol. The molecule has 2 unspecified atom stereocenters. The number of hydrogen-bond donors (Lipinski definition) is 3. The Hall–Kier alpha value is -6.07. The van der Waals surface area contributed by atoms with Crippen LogP contribution in [0.1, 0.15) is 55.2 Å². The molecule has 0 bridgehead atoms. The van der Waals surface area contributed by atoms with E-state index >= 15 is 0 Å². The van der Waals surface area contributed by atoms with Gasteiger partial charge in [-0.1, -0.05) is 31.4 Å². The van der Waals surface area contributed by atoms with Gasteiger partial charge in [0.1, 0.15) is 5.65 Å². The van der Waals surface area contributed by atoms with Crippen molar-refractivity contribution in [2.45, 2.75) is 50.6 Å². The minimum atomic E-state index is -0.161. The number of hydrogen-bond acceptors (Lipinski definition) is 7. The molecule has 11 heteroatoms. The maximum Gasteiger partial charge on any atom is 0.246 e. The van der Waals surface area contributed by atoms with Crippen molar-refractivity contribution in [3.05, 3.63) is 115 Å². The molecule has 52 heavy (non-hydrogen) atoms. The Morgan fingerprint density at radius 2 is 1.52 bits per heavy atom. The van der Waals surface area contributed by atoms with E-state index in [1.807, 2.05) is 42.9 Å². The highest BCUT2D eigenvalue weighted by molar-refractivity contribution is 6.02. The average molecular weight is 694 g/mol. The molecular formula is C41H39N7O4. The first-order valence-electron chi connectivity index (χ1n) is 17.6. The number of rotatable bonds is 10. The average Bonchev–Trinajstić information content (AvgIpc) is 3.95. The predicted octanol–water partition coefficient (Wildman–Crippen LogP) is 6.71. The molecule has 0 spiro atoms. The van der Waals surface area contributed by atoms with Gasteiger partial charge < -0.3 is 25.2 Å². The van der Waals surface area contributed by atoms with Crippen LogP contribution in [0.4, 0.5) is 0 Å². The zero-order valence-corrected chi connectivity index (χ0v) is 28.7. The minimum Gasteiger partial charge on any atom is -0.373 e. The van der Waals surface area contributed by atoms with Crippen molar-refractivity contribution in [1.82, 2.24) is 35.3 Å². The Morgan fingerprint density at radius 1 is 0.827 bits per heavy atom. The van der Waals surface area contributed by atoms with Crippen molar-refractivity contribution in [2.24, 2.45) is 0 Å². The SMILES string of the molecule is C=CC(=O)NC1CCC=C(c2ccnc3[nH]cc(-c4ccc(On5cc(C6=CCOC6)c6c(C7=CCCC(NC(=O)C=C)C7)ccnc65)nc4)c23)C1. The van der Waals surface area contributed by atoms with Gasteiger partial charge in [-0.3, -0.25) is 9.59 Å². The molecule has 8 rings (SSSR count). The normalized spacial score (nSPS) is 18.7. The Balaban J connectivity index is 1.10. The Kier molecular flexibility index (Phi) is 9.09. The van der Waals surface area contributed by atoms with E-state index in [0.29, 0.717) is 31.2 Å². The summed E-state index contributed by atoms with van der Waals surface area (Å²) in [5.41, 5.74) is 9.88. The standard InChI is InChI=1S/C41H39N7O4/c1-3-35(49)46-29-9-5-7-25(19-29)31-13-16-42-40-38(31)33(22-45-40)27-11-12-37(44-21-27)52-48-23-34(28-15-18-51-24-28)39-32(14-17-43-41(39)48)26-8-6-10-30(20-26)47-36(50)4-2/h3-4,7-8,11-17,21-23,29-30H,1-2,5-6,9-10,18-20,24H2,(H,42,45)(H,46,49)(H,47,50). The first-order valence-corrected chi connectivity index (χ1v) is 17.6. The number of aromatic nitrogens is 5. The number of nitrogens with zero attached hydrogens (tertiary/aromatic N) is 4. The molecule has 11 nitrogen and oxygen atoms in total. The van der Waals surface area contributed by atoms with E-state index < -0.39 is 0 Å². The topological polar surface area (TPSA) is 136 Å². The predicted molar refractivity (Wildman–Crippen MR) is 202 cm³/mol. The number of fused-ring (bicyclic) bond motifs is 2. The van der Waals surface area contributed by atoms with Crippen LogP contribution in [0.5, 0.6) is 5.88 Å². The summed E-state index contributed by atoms with van der Waals surface area (Å²) in [6.07, 6.45) is 23.5. The van der Waals surface area contributed by atoms with Crippen molar-refractivity contribution in [3.8, 4) is 17.0 Å². The number of amides is 2. The third kappa shape index (κ3) is 6.46. The first-order chi connectivity index (χ1) is 25.5. The summed E-state index contributed by atoms with van der Waals surface area (Å²) in [5, 5.41) is 8.11. The van der Waals surface area contributed by atoms with Gasteiger partial charge >= 0.3 is 0 Å². The van der Waals surface area contributed by atoms with Crippen LogP contribution in [0.25, 0.3) is 49.9 Å². The second-order valence-electron chi connectivity index (χ2n) is 13.3. The van der Waals surface area contributed by atoms with Crippen LogP contribution in [0.3, 0.4) is 0 Å². The van der Waals surface area contributed by atoms with Crippen LogP contribution < -0.4 is 15.5 Å². The van der Waals surface area contributed by atoms with Gasteiger partial charge in [-0.25, -0.2) is 15.0 Å². The second kappa shape index (κ2) is 14.3. The van der Waals surface area contributed by atoms with Crippen molar-refractivity contribution in [1.29, 1.82) is 0 Å². The molecular weight excluding hydrogens is 654 g/mol. The Morgan fingerprint density at radius 3 is 2.15 bits per heavy atom. The van der Waals surface area contributed by atoms with E-state index in [1.54, 1.807) is 17.1 Å². The summed E-state index contributed by atoms with van der Waals surface area (Å²) < 4.78 is 7.40. The molecule has 6 heterocycles. The lowest BCUT2D eigenvalue weighted by Crippen LogP contribution is -2.34. The lowest BCUT2D eigenvalue weighted by atomic mass is 9.88. The molecule has 5 aromatic heterocycles. The van der Waals surface area contributed by atoms with Crippen molar-refractivity contribution in [3.63, 3.8) is 0 Å². The van der Waals surface area contributed by atoms with Crippen LogP contribution in [0, 0.1) is 0 Å². The smallest absolute Gasteiger partial charge is 0.246 e. The Bertz CT molecular complexity index is 2310. The summed E-state index contributed by atoms with van der Waals surface area (Å²) in [5.74, 6) is 0.0952. The third-order valence-electron chi connectivity index (χ3n) is 10.0. The maximum atomic E-state index is 12.1. The van der Waals surface area contributed by atoms with Gasteiger partial charge in [0, 0.05) is 70.4 Å². The number of aromatic amines is 1. The van der Waals surface area contributed by atoms with Gasteiger partial charge in [-0.2, -0.15) is 4.73 Å². The number of pyridine rings is 3. The molecule has 0 saturated heterocycles. The van der Waals surface area contributed by atoms with Crippen molar-refractivity contribution >= 4 is 50.6 Å². The molecule has 0 saturated carbocycles. The van der Waals surface area contributed by atoms with E-state index in [9.17, 15) is 9.59 Å². The summed E-state index contributed by atoms with van der Waals surface area (Å²) >= 11 is 0. The summed E-state index contributed by atoms with van der Waals surface area (Å²) in [4.78, 5) is 47.9. The van der Waals surface area contributed by atoms with E-state index in [4.69, 9.17) is 19.5 Å². The lowest BCUT2D eigenvalue weighted by Gasteiger charge is -2.24. The van der Waals surface area contributed by atoms with Gasteiger partial charge in [0.2, 0.25) is 17.7 Å². The van der Waals surface area contributed by atoms with E-state index in [-0.39, 0.29) is 23.9 Å². The molecule has 2 amide bonds. The van der Waals surface area contributed by atoms with E-state index in [0.717, 1.165) is 87.5 Å². The fraction of sp³-hybridized carbons (Fsp3) is 0.244. The van der Waals surface area contributed by atoms with Gasteiger partial charge in [0.05, 0.1) is 19.4 Å². The van der Waals surface area contributed by atoms with E-state index in [1.165, 1.54) is 17.7 Å². The van der Waals surface area contributed by atoms with Crippen molar-refractivity contribution in [2.75, 3.05) is 13.2 Å².